The highest BCUT2D eigenvalue weighted by molar-refractivity contribution is 6.09. The van der Waals surface area contributed by atoms with Gasteiger partial charge in [0.25, 0.3) is 11.8 Å². The van der Waals surface area contributed by atoms with Crippen LogP contribution in [0.15, 0.2) is 29.8 Å². The van der Waals surface area contributed by atoms with Crippen molar-refractivity contribution in [3.8, 4) is 0 Å². The van der Waals surface area contributed by atoms with Crippen molar-refractivity contribution in [3.05, 3.63) is 30.5 Å². The van der Waals surface area contributed by atoms with E-state index in [1.54, 1.807) is 12.4 Å². The summed E-state index contributed by atoms with van der Waals surface area (Å²) in [5, 5.41) is 12.6. The largest absolute Gasteiger partial charge is 0.372 e. The van der Waals surface area contributed by atoms with E-state index in [4.69, 9.17) is 5.73 Å². The SMILES string of the molecule is NC1NC(=O)c2nccnc2N1NC1NC(=O)C2NC=CN=C2N1. The van der Waals surface area contributed by atoms with Crippen LogP contribution in [0.25, 0.3) is 0 Å². The van der Waals surface area contributed by atoms with Crippen LogP contribution in [0.1, 0.15) is 10.5 Å². The van der Waals surface area contributed by atoms with Crippen LogP contribution in [0.2, 0.25) is 0 Å². The number of carbonyl (C=O) groups is 2. The van der Waals surface area contributed by atoms with E-state index in [9.17, 15) is 9.59 Å². The number of nitrogens with one attached hydrogen (secondary N) is 5. The lowest BCUT2D eigenvalue weighted by atomic mass is 10.2. The minimum absolute atomic E-state index is 0.131. The first-order valence-corrected chi connectivity index (χ1v) is 7.12. The van der Waals surface area contributed by atoms with Gasteiger partial charge in [-0.3, -0.25) is 20.3 Å². The Bertz CT molecular complexity index is 762. The zero-order valence-electron chi connectivity index (χ0n) is 12.2. The minimum atomic E-state index is -0.885. The first-order chi connectivity index (χ1) is 11.6. The van der Waals surface area contributed by atoms with Crippen LogP contribution < -0.4 is 37.4 Å². The summed E-state index contributed by atoms with van der Waals surface area (Å²) in [6, 6.07) is -0.574. The number of anilines is 1. The van der Waals surface area contributed by atoms with Crippen LogP contribution in [0.4, 0.5) is 5.82 Å². The Kier molecular flexibility index (Phi) is 3.25. The summed E-state index contributed by atoms with van der Waals surface area (Å²) in [5.74, 6) is 0.0435. The van der Waals surface area contributed by atoms with Gasteiger partial charge < -0.3 is 21.3 Å². The Balaban J connectivity index is 1.58. The maximum absolute atomic E-state index is 12.1. The number of hydrogen-bond acceptors (Lipinski definition) is 10. The molecule has 3 atom stereocenters. The number of hydrazine groups is 1. The third kappa shape index (κ3) is 2.29. The Morgan fingerprint density at radius 2 is 2.00 bits per heavy atom. The molecule has 0 aromatic carbocycles. The van der Waals surface area contributed by atoms with Gasteiger partial charge in [0.1, 0.15) is 5.84 Å². The highest BCUT2D eigenvalue weighted by Gasteiger charge is 2.37. The van der Waals surface area contributed by atoms with Crippen molar-refractivity contribution in [2.24, 2.45) is 10.7 Å². The van der Waals surface area contributed by atoms with E-state index in [1.807, 2.05) is 0 Å². The first kappa shape index (κ1) is 14.3. The maximum Gasteiger partial charge on any atom is 0.276 e. The highest BCUT2D eigenvalue weighted by Crippen LogP contribution is 2.18. The van der Waals surface area contributed by atoms with Gasteiger partial charge in [-0.25, -0.2) is 15.0 Å². The van der Waals surface area contributed by atoms with Gasteiger partial charge in [-0.1, -0.05) is 0 Å². The van der Waals surface area contributed by atoms with E-state index in [0.29, 0.717) is 5.84 Å². The Morgan fingerprint density at radius 3 is 2.88 bits per heavy atom. The van der Waals surface area contributed by atoms with E-state index >= 15 is 0 Å². The molecular weight excluding hydrogens is 316 g/mol. The highest BCUT2D eigenvalue weighted by atomic mass is 16.2. The van der Waals surface area contributed by atoms with Crippen LogP contribution in [-0.4, -0.2) is 46.2 Å². The molecule has 24 heavy (non-hydrogen) atoms. The zero-order valence-corrected chi connectivity index (χ0v) is 12.2. The lowest BCUT2D eigenvalue weighted by molar-refractivity contribution is -0.123. The van der Waals surface area contributed by atoms with Crippen LogP contribution in [0.5, 0.6) is 0 Å². The van der Waals surface area contributed by atoms with E-state index in [2.05, 4.69) is 41.7 Å². The number of amides is 2. The zero-order chi connectivity index (χ0) is 16.7. The Labute approximate surface area is 135 Å². The smallest absolute Gasteiger partial charge is 0.276 e. The summed E-state index contributed by atoms with van der Waals surface area (Å²) >= 11 is 0. The van der Waals surface area contributed by atoms with Gasteiger partial charge in [-0.2, -0.15) is 5.43 Å². The van der Waals surface area contributed by atoms with E-state index in [-0.39, 0.29) is 17.4 Å². The predicted octanol–water partition coefficient (Wildman–Crippen LogP) is -3.38. The van der Waals surface area contributed by atoms with Crippen LogP contribution in [-0.2, 0) is 4.79 Å². The molecule has 12 nitrogen and oxygen atoms in total. The van der Waals surface area contributed by atoms with Crippen molar-refractivity contribution in [1.29, 1.82) is 0 Å². The Hall–Kier alpha value is -3.25. The summed E-state index contributed by atoms with van der Waals surface area (Å²) in [4.78, 5) is 36.3. The molecule has 3 aliphatic heterocycles. The summed E-state index contributed by atoms with van der Waals surface area (Å²) in [5.41, 5.74) is 9.03. The molecule has 2 amide bonds. The lowest BCUT2D eigenvalue weighted by Crippen LogP contribution is -2.75. The van der Waals surface area contributed by atoms with Crippen molar-refractivity contribution in [2.45, 2.75) is 18.6 Å². The summed E-state index contributed by atoms with van der Waals surface area (Å²) in [6.45, 7) is 0. The van der Waals surface area contributed by atoms with Crippen molar-refractivity contribution in [2.75, 3.05) is 5.01 Å². The van der Waals surface area contributed by atoms with E-state index in [1.165, 1.54) is 17.4 Å². The van der Waals surface area contributed by atoms with Gasteiger partial charge in [0, 0.05) is 24.8 Å². The number of rotatable bonds is 2. The lowest BCUT2D eigenvalue weighted by Gasteiger charge is -2.40. The number of fused-ring (bicyclic) bond motifs is 2. The summed E-state index contributed by atoms with van der Waals surface area (Å²) in [7, 11) is 0. The second-order valence-electron chi connectivity index (χ2n) is 5.16. The topological polar surface area (TPSA) is 162 Å². The predicted molar refractivity (Wildman–Crippen MR) is 81.7 cm³/mol. The molecule has 0 saturated carbocycles. The molecule has 7 N–H and O–H groups in total. The number of nitrogens with zero attached hydrogens (tertiary/aromatic N) is 4. The molecule has 0 spiro atoms. The third-order valence-corrected chi connectivity index (χ3v) is 3.61. The number of hydrogen-bond donors (Lipinski definition) is 6. The molecule has 12 heteroatoms. The third-order valence-electron chi connectivity index (χ3n) is 3.61. The molecule has 0 aliphatic carbocycles. The van der Waals surface area contributed by atoms with E-state index in [0.717, 1.165) is 0 Å². The molecule has 4 heterocycles. The molecular formula is C12H14N10O2. The summed E-state index contributed by atoms with van der Waals surface area (Å²) in [6.07, 6.45) is 4.41. The molecule has 1 aromatic rings. The molecule has 3 unspecified atom stereocenters. The average Bonchev–Trinajstić information content (AvgIpc) is 2.59. The molecule has 3 aliphatic rings. The second-order valence-corrected chi connectivity index (χ2v) is 5.16. The summed E-state index contributed by atoms with van der Waals surface area (Å²) < 4.78 is 0. The van der Waals surface area contributed by atoms with Crippen molar-refractivity contribution >= 4 is 23.5 Å². The van der Waals surface area contributed by atoms with Crippen molar-refractivity contribution < 1.29 is 9.59 Å². The quantitative estimate of drug-likeness (QED) is 0.325. The van der Waals surface area contributed by atoms with E-state index < -0.39 is 24.5 Å². The van der Waals surface area contributed by atoms with Gasteiger partial charge in [-0.05, 0) is 0 Å². The van der Waals surface area contributed by atoms with Gasteiger partial charge in [0.05, 0.1) is 0 Å². The van der Waals surface area contributed by atoms with Crippen molar-refractivity contribution in [1.82, 2.24) is 36.7 Å². The number of aromatic nitrogens is 2. The minimum Gasteiger partial charge on any atom is -0.372 e. The molecule has 1 saturated heterocycles. The van der Waals surface area contributed by atoms with Gasteiger partial charge in [0.15, 0.2) is 30.1 Å². The van der Waals surface area contributed by atoms with Gasteiger partial charge >= 0.3 is 0 Å². The fraction of sp³-hybridized carbons (Fsp3) is 0.250. The number of amidine groups is 1. The van der Waals surface area contributed by atoms with Crippen LogP contribution >= 0.6 is 0 Å². The fourth-order valence-corrected chi connectivity index (χ4v) is 2.55. The molecule has 1 fully saturated rings. The molecule has 124 valence electrons. The fourth-order valence-electron chi connectivity index (χ4n) is 2.55. The van der Waals surface area contributed by atoms with Crippen LogP contribution in [0, 0.1) is 0 Å². The number of aliphatic imine (C=N–C) groups is 1. The van der Waals surface area contributed by atoms with Crippen molar-refractivity contribution in [3.63, 3.8) is 0 Å². The second kappa shape index (κ2) is 5.43. The number of carbonyl (C=O) groups excluding carboxylic acids is 2. The van der Waals surface area contributed by atoms with Gasteiger partial charge in [-0.15, -0.1) is 0 Å². The number of nitrogens with two attached hydrogens (primary N) is 1. The Morgan fingerprint density at radius 1 is 1.17 bits per heavy atom. The maximum atomic E-state index is 12.1. The monoisotopic (exact) mass is 330 g/mol. The molecule has 0 bridgehead atoms. The molecule has 1 aromatic heterocycles. The molecule has 0 radical (unpaired) electrons. The normalized spacial score (nSPS) is 27.8. The van der Waals surface area contributed by atoms with Gasteiger partial charge in [0.2, 0.25) is 0 Å². The molecule has 4 rings (SSSR count). The average molecular weight is 330 g/mol. The first-order valence-electron chi connectivity index (χ1n) is 7.12. The standard InChI is InChI=1S/C12H14N10O2/c13-11-19-10(24)6-8(17-4-2-15-6)22(11)21-12-18-7-5(9(23)20-12)14-1-3-16-7/h1-5,11-12,14,21H,13H2,(H,16,18)(H,19,24)(H,20,23). The van der Waals surface area contributed by atoms with Crippen LogP contribution in [0.3, 0.4) is 0 Å².